The first-order valence-electron chi connectivity index (χ1n) is 5.80. The van der Waals surface area contributed by atoms with Crippen molar-refractivity contribution in [2.75, 3.05) is 5.32 Å². The first-order chi connectivity index (χ1) is 8.74. The van der Waals surface area contributed by atoms with E-state index in [1.54, 1.807) is 17.0 Å². The molecular formula is C12H14N6. The SMILES string of the molecule is Cc1cc(NC(C)c2ncc[nH]2)n2ncnc2c1. The largest absolute Gasteiger partial charge is 0.360 e. The number of pyridine rings is 1. The smallest absolute Gasteiger partial charge is 0.157 e. The molecule has 3 rings (SSSR count). The summed E-state index contributed by atoms with van der Waals surface area (Å²) in [5, 5.41) is 7.59. The highest BCUT2D eigenvalue weighted by Crippen LogP contribution is 2.18. The zero-order valence-electron chi connectivity index (χ0n) is 10.3. The highest BCUT2D eigenvalue weighted by Gasteiger charge is 2.10. The Morgan fingerprint density at radius 2 is 2.22 bits per heavy atom. The second-order valence-electron chi connectivity index (χ2n) is 4.29. The molecule has 0 saturated heterocycles. The summed E-state index contributed by atoms with van der Waals surface area (Å²) in [6, 6.07) is 4.12. The van der Waals surface area contributed by atoms with Crippen LogP contribution in [0.2, 0.25) is 0 Å². The molecule has 6 nitrogen and oxygen atoms in total. The number of hydrogen-bond donors (Lipinski definition) is 2. The molecule has 6 heteroatoms. The molecule has 0 aliphatic rings. The van der Waals surface area contributed by atoms with E-state index in [-0.39, 0.29) is 6.04 Å². The molecule has 2 N–H and O–H groups in total. The van der Waals surface area contributed by atoms with Gasteiger partial charge in [-0.05, 0) is 31.5 Å². The van der Waals surface area contributed by atoms with Gasteiger partial charge in [0.05, 0.1) is 6.04 Å². The molecule has 92 valence electrons. The predicted molar refractivity (Wildman–Crippen MR) is 68.3 cm³/mol. The minimum absolute atomic E-state index is 0.0780. The molecule has 3 heterocycles. The molecule has 18 heavy (non-hydrogen) atoms. The molecule has 1 atom stereocenters. The fourth-order valence-corrected chi connectivity index (χ4v) is 1.96. The normalized spacial score (nSPS) is 12.8. The van der Waals surface area contributed by atoms with Gasteiger partial charge in [0.15, 0.2) is 5.65 Å². The van der Waals surface area contributed by atoms with E-state index in [0.29, 0.717) is 0 Å². The van der Waals surface area contributed by atoms with Crippen LogP contribution in [0.5, 0.6) is 0 Å². The van der Waals surface area contributed by atoms with Crippen LogP contribution in [0, 0.1) is 6.92 Å². The van der Waals surface area contributed by atoms with Gasteiger partial charge in [0.2, 0.25) is 0 Å². The van der Waals surface area contributed by atoms with Gasteiger partial charge in [0.25, 0.3) is 0 Å². The zero-order chi connectivity index (χ0) is 12.5. The van der Waals surface area contributed by atoms with Gasteiger partial charge in [-0.1, -0.05) is 0 Å². The van der Waals surface area contributed by atoms with Gasteiger partial charge in [0, 0.05) is 12.4 Å². The number of H-pyrrole nitrogens is 1. The lowest BCUT2D eigenvalue weighted by Gasteiger charge is -2.14. The van der Waals surface area contributed by atoms with E-state index in [1.807, 2.05) is 32.2 Å². The summed E-state index contributed by atoms with van der Waals surface area (Å²) in [5.41, 5.74) is 1.98. The van der Waals surface area contributed by atoms with Crippen molar-refractivity contribution in [1.82, 2.24) is 24.6 Å². The number of aryl methyl sites for hydroxylation is 1. The first kappa shape index (κ1) is 10.8. The summed E-state index contributed by atoms with van der Waals surface area (Å²) in [5.74, 6) is 1.80. The standard InChI is InChI=1S/C12H14N6/c1-8-5-10-15-7-16-18(10)11(6-8)17-9(2)12-13-3-4-14-12/h3-7,9,17H,1-2H3,(H,13,14). The number of aromatic nitrogens is 5. The van der Waals surface area contributed by atoms with Crippen molar-refractivity contribution in [2.45, 2.75) is 19.9 Å². The van der Waals surface area contributed by atoms with Crippen LogP contribution in [0.25, 0.3) is 5.65 Å². The summed E-state index contributed by atoms with van der Waals surface area (Å²) in [6.07, 6.45) is 5.11. The third-order valence-corrected chi connectivity index (χ3v) is 2.82. The second-order valence-corrected chi connectivity index (χ2v) is 4.29. The Hall–Kier alpha value is -2.37. The summed E-state index contributed by atoms with van der Waals surface area (Å²) >= 11 is 0. The zero-order valence-corrected chi connectivity index (χ0v) is 10.3. The van der Waals surface area contributed by atoms with Gasteiger partial charge < -0.3 is 10.3 Å². The minimum Gasteiger partial charge on any atom is -0.360 e. The minimum atomic E-state index is 0.0780. The Morgan fingerprint density at radius 3 is 3.00 bits per heavy atom. The van der Waals surface area contributed by atoms with Gasteiger partial charge in [-0.3, -0.25) is 0 Å². The number of hydrogen-bond acceptors (Lipinski definition) is 4. The molecule has 0 spiro atoms. The molecule has 0 bridgehead atoms. The lowest BCUT2D eigenvalue weighted by molar-refractivity contribution is 0.790. The number of fused-ring (bicyclic) bond motifs is 1. The predicted octanol–water partition coefficient (Wildman–Crippen LogP) is 1.93. The van der Waals surface area contributed by atoms with Crippen LogP contribution in [0.1, 0.15) is 24.4 Å². The number of anilines is 1. The van der Waals surface area contributed by atoms with Gasteiger partial charge in [0.1, 0.15) is 18.0 Å². The van der Waals surface area contributed by atoms with Crippen molar-refractivity contribution < 1.29 is 0 Å². The quantitative estimate of drug-likeness (QED) is 0.736. The van der Waals surface area contributed by atoms with Crippen molar-refractivity contribution in [3.63, 3.8) is 0 Å². The highest BCUT2D eigenvalue weighted by atomic mass is 15.3. The van der Waals surface area contributed by atoms with Crippen molar-refractivity contribution in [2.24, 2.45) is 0 Å². The second kappa shape index (κ2) is 4.14. The average molecular weight is 242 g/mol. The summed E-state index contributed by atoms with van der Waals surface area (Å²) < 4.78 is 1.78. The van der Waals surface area contributed by atoms with Crippen molar-refractivity contribution in [1.29, 1.82) is 0 Å². The Morgan fingerprint density at radius 1 is 1.33 bits per heavy atom. The van der Waals surface area contributed by atoms with Gasteiger partial charge in [-0.15, -0.1) is 0 Å². The lowest BCUT2D eigenvalue weighted by Crippen LogP contribution is -2.11. The Bertz CT molecular complexity index is 654. The number of imidazole rings is 1. The average Bonchev–Trinajstić information content (AvgIpc) is 2.98. The molecule has 0 saturated carbocycles. The van der Waals surface area contributed by atoms with Crippen LogP contribution in [0.4, 0.5) is 5.82 Å². The van der Waals surface area contributed by atoms with E-state index in [4.69, 9.17) is 0 Å². The van der Waals surface area contributed by atoms with Crippen LogP contribution in [-0.2, 0) is 0 Å². The number of nitrogens with zero attached hydrogens (tertiary/aromatic N) is 4. The topological polar surface area (TPSA) is 70.9 Å². The number of rotatable bonds is 3. The molecule has 0 aliphatic carbocycles. The maximum absolute atomic E-state index is 4.24. The molecular weight excluding hydrogens is 228 g/mol. The highest BCUT2D eigenvalue weighted by molar-refractivity contribution is 5.51. The van der Waals surface area contributed by atoms with Crippen molar-refractivity contribution >= 4 is 11.5 Å². The van der Waals surface area contributed by atoms with Crippen LogP contribution in [0.15, 0.2) is 30.9 Å². The maximum Gasteiger partial charge on any atom is 0.157 e. The third-order valence-electron chi connectivity index (χ3n) is 2.82. The van der Waals surface area contributed by atoms with Crippen molar-refractivity contribution in [3.05, 3.63) is 42.2 Å². The first-order valence-corrected chi connectivity index (χ1v) is 5.80. The van der Waals surface area contributed by atoms with Crippen LogP contribution >= 0.6 is 0 Å². The van der Waals surface area contributed by atoms with Gasteiger partial charge in [-0.25, -0.2) is 9.97 Å². The Balaban J connectivity index is 1.97. The van der Waals surface area contributed by atoms with Crippen LogP contribution in [0.3, 0.4) is 0 Å². The fraction of sp³-hybridized carbons (Fsp3) is 0.250. The molecule has 0 radical (unpaired) electrons. The third kappa shape index (κ3) is 1.81. The van der Waals surface area contributed by atoms with Gasteiger partial charge in [-0.2, -0.15) is 9.61 Å². The van der Waals surface area contributed by atoms with E-state index >= 15 is 0 Å². The summed E-state index contributed by atoms with van der Waals surface area (Å²) in [4.78, 5) is 11.5. The monoisotopic (exact) mass is 242 g/mol. The number of nitrogens with one attached hydrogen (secondary N) is 2. The molecule has 0 fully saturated rings. The van der Waals surface area contributed by atoms with Crippen molar-refractivity contribution in [3.8, 4) is 0 Å². The Kier molecular flexibility index (Phi) is 2.47. The van der Waals surface area contributed by atoms with Crippen LogP contribution in [-0.4, -0.2) is 24.6 Å². The maximum atomic E-state index is 4.24. The summed E-state index contributed by atoms with van der Waals surface area (Å²) in [7, 11) is 0. The molecule has 3 aromatic heterocycles. The Labute approximate surface area is 104 Å². The van der Waals surface area contributed by atoms with E-state index < -0.39 is 0 Å². The van der Waals surface area contributed by atoms with Crippen LogP contribution < -0.4 is 5.32 Å². The molecule has 0 aromatic carbocycles. The lowest BCUT2D eigenvalue weighted by atomic mass is 10.2. The number of aromatic amines is 1. The summed E-state index contributed by atoms with van der Waals surface area (Å²) in [6.45, 7) is 4.08. The van der Waals surface area contributed by atoms with E-state index in [0.717, 1.165) is 22.9 Å². The molecule has 1 unspecified atom stereocenters. The molecule has 3 aromatic rings. The van der Waals surface area contributed by atoms with Gasteiger partial charge >= 0.3 is 0 Å². The van der Waals surface area contributed by atoms with E-state index in [2.05, 4.69) is 25.4 Å². The van der Waals surface area contributed by atoms with E-state index in [1.165, 1.54) is 0 Å². The molecule has 0 amide bonds. The fourth-order valence-electron chi connectivity index (χ4n) is 1.96. The molecule has 0 aliphatic heterocycles. The van der Waals surface area contributed by atoms with E-state index in [9.17, 15) is 0 Å².